The first kappa shape index (κ1) is 14.3. The Labute approximate surface area is 114 Å². The van der Waals surface area contributed by atoms with Gasteiger partial charge in [-0.25, -0.2) is 13.1 Å². The van der Waals surface area contributed by atoms with Crippen LogP contribution < -0.4 is 4.72 Å². The van der Waals surface area contributed by atoms with E-state index in [9.17, 15) is 13.2 Å². The molecule has 1 aliphatic carbocycles. The highest BCUT2D eigenvalue weighted by molar-refractivity contribution is 7.88. The molecule has 6 heteroatoms. The number of aryl methyl sites for hydroxylation is 1. The summed E-state index contributed by atoms with van der Waals surface area (Å²) in [5.74, 6) is 0.234. The zero-order valence-electron chi connectivity index (χ0n) is 11.4. The second-order valence-electron chi connectivity index (χ2n) is 5.09. The summed E-state index contributed by atoms with van der Waals surface area (Å²) < 4.78 is 26.6. The topological polar surface area (TPSA) is 68.2 Å². The van der Waals surface area contributed by atoms with Gasteiger partial charge in [-0.15, -0.1) is 0 Å². The number of carbonyl (C=O) groups is 1. The van der Waals surface area contributed by atoms with E-state index in [1.54, 1.807) is 0 Å². The van der Waals surface area contributed by atoms with Crippen LogP contribution in [-0.2, 0) is 23.0 Å². The van der Waals surface area contributed by atoms with Crippen molar-refractivity contribution in [3.05, 3.63) is 23.0 Å². The summed E-state index contributed by atoms with van der Waals surface area (Å²) in [6.07, 6.45) is 4.38. The number of sulfonamides is 1. The quantitative estimate of drug-likeness (QED) is 0.828. The molecule has 0 bridgehead atoms. The van der Waals surface area contributed by atoms with Crippen LogP contribution in [0.1, 0.15) is 41.0 Å². The minimum absolute atomic E-state index is 0.234. The van der Waals surface area contributed by atoms with E-state index in [2.05, 4.69) is 9.29 Å². The van der Waals surface area contributed by atoms with Crippen molar-refractivity contribution in [1.82, 2.24) is 9.29 Å². The minimum atomic E-state index is -3.11. The van der Waals surface area contributed by atoms with E-state index in [-0.39, 0.29) is 5.78 Å². The van der Waals surface area contributed by atoms with Gasteiger partial charge >= 0.3 is 0 Å². The SMILES string of the molecule is Cc1cc2c(n1CCCNS(C)(=O)=O)CCCC2=O. The van der Waals surface area contributed by atoms with Crippen molar-refractivity contribution >= 4 is 15.8 Å². The second kappa shape index (κ2) is 5.46. The van der Waals surface area contributed by atoms with Gasteiger partial charge in [-0.05, 0) is 32.3 Å². The van der Waals surface area contributed by atoms with Gasteiger partial charge in [-0.1, -0.05) is 0 Å². The van der Waals surface area contributed by atoms with Gasteiger partial charge in [-0.2, -0.15) is 0 Å². The summed E-state index contributed by atoms with van der Waals surface area (Å²) in [5, 5.41) is 0. The fourth-order valence-corrected chi connectivity index (χ4v) is 3.11. The molecule has 1 aromatic rings. The second-order valence-corrected chi connectivity index (χ2v) is 6.93. The molecule has 2 rings (SSSR count). The Balaban J connectivity index is 2.03. The Morgan fingerprint density at radius 2 is 2.11 bits per heavy atom. The van der Waals surface area contributed by atoms with Gasteiger partial charge in [0.25, 0.3) is 0 Å². The van der Waals surface area contributed by atoms with Crippen LogP contribution in [0.15, 0.2) is 6.07 Å². The molecule has 5 nitrogen and oxygen atoms in total. The number of hydrogen-bond donors (Lipinski definition) is 1. The molecule has 0 aromatic carbocycles. The monoisotopic (exact) mass is 284 g/mol. The fraction of sp³-hybridized carbons (Fsp3) is 0.615. The van der Waals surface area contributed by atoms with E-state index >= 15 is 0 Å². The third-order valence-electron chi connectivity index (χ3n) is 3.46. The third-order valence-corrected chi connectivity index (χ3v) is 4.18. The van der Waals surface area contributed by atoms with E-state index in [4.69, 9.17) is 0 Å². The molecule has 0 radical (unpaired) electrons. The van der Waals surface area contributed by atoms with Crippen molar-refractivity contribution in [3.63, 3.8) is 0 Å². The minimum Gasteiger partial charge on any atom is -0.348 e. The highest BCUT2D eigenvalue weighted by atomic mass is 32.2. The summed E-state index contributed by atoms with van der Waals surface area (Å²) in [6, 6.07) is 1.96. The fourth-order valence-electron chi connectivity index (χ4n) is 2.60. The van der Waals surface area contributed by atoms with Crippen molar-refractivity contribution < 1.29 is 13.2 Å². The Bertz CT molecular complexity index is 587. The average Bonchev–Trinajstić information content (AvgIpc) is 2.62. The van der Waals surface area contributed by atoms with Crippen molar-refractivity contribution in [3.8, 4) is 0 Å². The molecule has 0 saturated heterocycles. The number of aromatic nitrogens is 1. The maximum Gasteiger partial charge on any atom is 0.208 e. The Kier molecular flexibility index (Phi) is 4.10. The molecular weight excluding hydrogens is 264 g/mol. The molecule has 19 heavy (non-hydrogen) atoms. The normalized spacial score (nSPS) is 15.6. The molecule has 0 atom stereocenters. The first-order valence-corrected chi connectivity index (χ1v) is 8.44. The zero-order chi connectivity index (χ0) is 14.0. The van der Waals surface area contributed by atoms with Crippen molar-refractivity contribution in [2.24, 2.45) is 0 Å². The number of rotatable bonds is 5. The van der Waals surface area contributed by atoms with Gasteiger partial charge in [0.2, 0.25) is 10.0 Å². The molecule has 106 valence electrons. The molecule has 0 amide bonds. The van der Waals surface area contributed by atoms with E-state index < -0.39 is 10.0 Å². The maximum atomic E-state index is 11.8. The lowest BCUT2D eigenvalue weighted by molar-refractivity contribution is 0.0971. The first-order chi connectivity index (χ1) is 8.88. The van der Waals surface area contributed by atoms with Gasteiger partial charge in [-0.3, -0.25) is 4.79 Å². The molecule has 1 aromatic heterocycles. The lowest BCUT2D eigenvalue weighted by Crippen LogP contribution is -2.24. The molecule has 0 unspecified atom stereocenters. The Hall–Kier alpha value is -1.14. The molecule has 0 saturated carbocycles. The number of nitrogens with zero attached hydrogens (tertiary/aromatic N) is 1. The predicted molar refractivity (Wildman–Crippen MR) is 73.9 cm³/mol. The molecule has 1 heterocycles. The summed E-state index contributed by atoms with van der Waals surface area (Å²) >= 11 is 0. The van der Waals surface area contributed by atoms with E-state index in [0.717, 1.165) is 49.0 Å². The van der Waals surface area contributed by atoms with Crippen LogP contribution in [0.3, 0.4) is 0 Å². The van der Waals surface area contributed by atoms with E-state index in [1.807, 2.05) is 13.0 Å². The van der Waals surface area contributed by atoms with Crippen LogP contribution in [0.25, 0.3) is 0 Å². The molecule has 0 spiro atoms. The van der Waals surface area contributed by atoms with Crippen LogP contribution >= 0.6 is 0 Å². The number of nitrogens with one attached hydrogen (secondary N) is 1. The summed E-state index contributed by atoms with van der Waals surface area (Å²) in [6.45, 7) is 3.17. The molecular formula is C13H20N2O3S. The first-order valence-electron chi connectivity index (χ1n) is 6.55. The van der Waals surface area contributed by atoms with Gasteiger partial charge in [0, 0.05) is 36.5 Å². The van der Waals surface area contributed by atoms with Crippen LogP contribution in [0.5, 0.6) is 0 Å². The molecule has 0 fully saturated rings. The Morgan fingerprint density at radius 3 is 2.79 bits per heavy atom. The summed E-state index contributed by atoms with van der Waals surface area (Å²) in [5.41, 5.74) is 3.06. The number of Topliss-reactive ketones (excluding diaryl/α,β-unsaturated/α-hetero) is 1. The Morgan fingerprint density at radius 1 is 1.37 bits per heavy atom. The average molecular weight is 284 g/mol. The van der Waals surface area contributed by atoms with Gasteiger partial charge in [0.1, 0.15) is 0 Å². The predicted octanol–water partition coefficient (Wildman–Crippen LogP) is 1.25. The number of ketones is 1. The van der Waals surface area contributed by atoms with Crippen LogP contribution in [0.2, 0.25) is 0 Å². The smallest absolute Gasteiger partial charge is 0.208 e. The summed E-state index contributed by atoms with van der Waals surface area (Å²) in [4.78, 5) is 11.8. The lowest BCUT2D eigenvalue weighted by atomic mass is 9.96. The number of fused-ring (bicyclic) bond motifs is 1. The van der Waals surface area contributed by atoms with E-state index in [0.29, 0.717) is 13.0 Å². The highest BCUT2D eigenvalue weighted by Crippen LogP contribution is 2.25. The number of hydrogen-bond acceptors (Lipinski definition) is 3. The van der Waals surface area contributed by atoms with Crippen molar-refractivity contribution in [2.75, 3.05) is 12.8 Å². The maximum absolute atomic E-state index is 11.8. The van der Waals surface area contributed by atoms with E-state index in [1.165, 1.54) is 0 Å². The molecule has 1 aliphatic rings. The lowest BCUT2D eigenvalue weighted by Gasteiger charge is -2.16. The summed E-state index contributed by atoms with van der Waals surface area (Å²) in [7, 11) is -3.11. The largest absolute Gasteiger partial charge is 0.348 e. The van der Waals surface area contributed by atoms with Gasteiger partial charge in [0.05, 0.1) is 6.26 Å². The number of carbonyl (C=O) groups excluding carboxylic acids is 1. The van der Waals surface area contributed by atoms with Crippen molar-refractivity contribution in [2.45, 2.75) is 39.2 Å². The third kappa shape index (κ3) is 3.45. The van der Waals surface area contributed by atoms with Crippen LogP contribution in [-0.4, -0.2) is 31.6 Å². The van der Waals surface area contributed by atoms with Crippen LogP contribution in [0, 0.1) is 6.92 Å². The molecule has 0 aliphatic heterocycles. The standard InChI is InChI=1S/C13H20N2O3S/c1-10-9-11-12(5-3-6-13(11)16)15(10)8-4-7-14-19(2,17)18/h9,14H,3-8H2,1-2H3. The molecule has 1 N–H and O–H groups in total. The van der Waals surface area contributed by atoms with Crippen LogP contribution in [0.4, 0.5) is 0 Å². The highest BCUT2D eigenvalue weighted by Gasteiger charge is 2.22. The van der Waals surface area contributed by atoms with Crippen molar-refractivity contribution in [1.29, 1.82) is 0 Å². The van der Waals surface area contributed by atoms with Gasteiger partial charge in [0.15, 0.2) is 5.78 Å². The van der Waals surface area contributed by atoms with Gasteiger partial charge < -0.3 is 4.57 Å². The zero-order valence-corrected chi connectivity index (χ0v) is 12.2.